The van der Waals surface area contributed by atoms with Gasteiger partial charge in [0.2, 0.25) is 0 Å². The van der Waals surface area contributed by atoms with Gasteiger partial charge in [0.25, 0.3) is 0 Å². The van der Waals surface area contributed by atoms with E-state index in [1.165, 1.54) is 0 Å². The average molecular weight is 387 g/mol. The van der Waals surface area contributed by atoms with Gasteiger partial charge in [0, 0.05) is 23.2 Å². The van der Waals surface area contributed by atoms with E-state index in [2.05, 4.69) is 10.3 Å². The van der Waals surface area contributed by atoms with E-state index < -0.39 is 5.97 Å². The zero-order valence-corrected chi connectivity index (χ0v) is 16.6. The Morgan fingerprint density at radius 1 is 1.30 bits per heavy atom. The number of nitrogens with one attached hydrogen (secondary N) is 1. The number of hydrogen-bond donors (Lipinski definition) is 2. The fraction of sp³-hybridized carbons (Fsp3) is 0.381. The summed E-state index contributed by atoms with van der Waals surface area (Å²) in [7, 11) is 0. The standard InChI is InChI=1S/C21H26N2O3S/c1-21(2,14-20(25)26)13-16-7-8-18(17(12-16)15-24)27-11-5-10-23-19-6-3-4-9-22-19/h3-4,6-9,12,15H,5,10-11,13-14H2,1-2H3,(H,22,23)(H,25,26). The summed E-state index contributed by atoms with van der Waals surface area (Å²) in [6.45, 7) is 4.68. The Bertz CT molecular complexity index is 763. The van der Waals surface area contributed by atoms with Crippen LogP contribution in [0.3, 0.4) is 0 Å². The van der Waals surface area contributed by atoms with Crippen LogP contribution in [0.15, 0.2) is 47.5 Å². The highest BCUT2D eigenvalue weighted by Crippen LogP contribution is 2.29. The number of carbonyl (C=O) groups excluding carboxylic acids is 1. The molecule has 5 nitrogen and oxygen atoms in total. The number of carboxylic acids is 1. The highest BCUT2D eigenvalue weighted by Gasteiger charge is 2.22. The molecule has 0 saturated heterocycles. The van der Waals surface area contributed by atoms with Crippen LogP contribution in [-0.4, -0.2) is 34.6 Å². The van der Waals surface area contributed by atoms with E-state index in [-0.39, 0.29) is 11.8 Å². The second-order valence-electron chi connectivity index (χ2n) is 7.25. The molecule has 0 saturated carbocycles. The summed E-state index contributed by atoms with van der Waals surface area (Å²) in [5, 5.41) is 12.3. The summed E-state index contributed by atoms with van der Waals surface area (Å²) in [5.41, 5.74) is 1.31. The molecule has 0 atom stereocenters. The van der Waals surface area contributed by atoms with Gasteiger partial charge in [-0.3, -0.25) is 9.59 Å². The number of nitrogens with zero attached hydrogens (tertiary/aromatic N) is 1. The predicted molar refractivity (Wildman–Crippen MR) is 110 cm³/mol. The van der Waals surface area contributed by atoms with Crippen LogP contribution in [0.4, 0.5) is 5.82 Å². The monoisotopic (exact) mass is 386 g/mol. The summed E-state index contributed by atoms with van der Waals surface area (Å²) in [6, 6.07) is 11.6. The Labute approximate surface area is 164 Å². The van der Waals surface area contributed by atoms with Crippen LogP contribution in [-0.2, 0) is 11.2 Å². The third-order valence-corrected chi connectivity index (χ3v) is 5.24. The van der Waals surface area contributed by atoms with Gasteiger partial charge in [0.1, 0.15) is 5.82 Å². The molecule has 2 aromatic rings. The van der Waals surface area contributed by atoms with Crippen molar-refractivity contribution in [2.24, 2.45) is 5.41 Å². The van der Waals surface area contributed by atoms with E-state index in [4.69, 9.17) is 5.11 Å². The number of aliphatic carboxylic acids is 1. The minimum Gasteiger partial charge on any atom is -0.481 e. The summed E-state index contributed by atoms with van der Waals surface area (Å²) in [6.07, 6.45) is 4.31. The number of aromatic nitrogens is 1. The van der Waals surface area contributed by atoms with Crippen molar-refractivity contribution in [3.8, 4) is 0 Å². The largest absolute Gasteiger partial charge is 0.481 e. The van der Waals surface area contributed by atoms with E-state index >= 15 is 0 Å². The van der Waals surface area contributed by atoms with E-state index in [9.17, 15) is 9.59 Å². The first-order chi connectivity index (χ1) is 12.9. The SMILES string of the molecule is CC(C)(CC(=O)O)Cc1ccc(SCCCNc2ccccn2)c(C=O)c1. The molecule has 6 heteroatoms. The number of hydrogen-bond acceptors (Lipinski definition) is 5. The Kier molecular flexibility index (Phi) is 7.85. The quantitative estimate of drug-likeness (QED) is 0.335. The molecule has 0 bridgehead atoms. The summed E-state index contributed by atoms with van der Waals surface area (Å²) >= 11 is 1.66. The van der Waals surface area contributed by atoms with Gasteiger partial charge in [0.05, 0.1) is 6.42 Å². The molecule has 0 aliphatic carbocycles. The summed E-state index contributed by atoms with van der Waals surface area (Å²) < 4.78 is 0. The van der Waals surface area contributed by atoms with Gasteiger partial charge in [-0.1, -0.05) is 26.0 Å². The van der Waals surface area contributed by atoms with Gasteiger partial charge < -0.3 is 10.4 Å². The molecule has 1 aromatic heterocycles. The molecule has 0 aliphatic heterocycles. The maximum absolute atomic E-state index is 11.5. The van der Waals surface area contributed by atoms with Crippen molar-refractivity contribution in [1.82, 2.24) is 4.98 Å². The second-order valence-corrected chi connectivity index (χ2v) is 8.38. The number of pyridine rings is 1. The van der Waals surface area contributed by atoms with E-state index in [1.54, 1.807) is 18.0 Å². The molecule has 1 aromatic carbocycles. The maximum atomic E-state index is 11.5. The number of aldehydes is 1. The average Bonchev–Trinajstić information content (AvgIpc) is 2.61. The lowest BCUT2D eigenvalue weighted by atomic mass is 9.82. The van der Waals surface area contributed by atoms with Gasteiger partial charge in [0.15, 0.2) is 6.29 Å². The zero-order chi connectivity index (χ0) is 19.7. The summed E-state index contributed by atoms with van der Waals surface area (Å²) in [4.78, 5) is 27.6. The highest BCUT2D eigenvalue weighted by atomic mass is 32.2. The van der Waals surface area contributed by atoms with Crippen molar-refractivity contribution in [3.05, 3.63) is 53.7 Å². The molecule has 144 valence electrons. The molecule has 2 rings (SSSR count). The molecule has 0 radical (unpaired) electrons. The molecule has 1 heterocycles. The van der Waals surface area contributed by atoms with Crippen LogP contribution in [0.25, 0.3) is 0 Å². The van der Waals surface area contributed by atoms with Gasteiger partial charge >= 0.3 is 5.97 Å². The summed E-state index contributed by atoms with van der Waals surface area (Å²) in [5.74, 6) is 0.955. The van der Waals surface area contributed by atoms with Gasteiger partial charge in [-0.25, -0.2) is 4.98 Å². The van der Waals surface area contributed by atoms with Crippen LogP contribution < -0.4 is 5.32 Å². The van der Waals surface area contributed by atoms with Crippen molar-refractivity contribution >= 4 is 29.8 Å². The Morgan fingerprint density at radius 3 is 2.78 bits per heavy atom. The molecular formula is C21H26N2O3S. The fourth-order valence-corrected chi connectivity index (χ4v) is 3.84. The van der Waals surface area contributed by atoms with Crippen molar-refractivity contribution < 1.29 is 14.7 Å². The van der Waals surface area contributed by atoms with E-state index in [1.807, 2.05) is 50.2 Å². The van der Waals surface area contributed by atoms with E-state index in [0.29, 0.717) is 12.0 Å². The van der Waals surface area contributed by atoms with Gasteiger partial charge in [-0.2, -0.15) is 0 Å². The maximum Gasteiger partial charge on any atom is 0.303 e. The Hall–Kier alpha value is -2.34. The predicted octanol–water partition coefficient (Wildman–Crippen LogP) is 4.53. The normalized spacial score (nSPS) is 11.2. The molecule has 27 heavy (non-hydrogen) atoms. The molecule has 0 aliphatic rings. The molecule has 0 fully saturated rings. The molecule has 0 amide bonds. The van der Waals surface area contributed by atoms with Crippen molar-refractivity contribution in [1.29, 1.82) is 0 Å². The number of thioether (sulfide) groups is 1. The van der Waals surface area contributed by atoms with E-state index in [0.717, 1.165) is 41.3 Å². The smallest absolute Gasteiger partial charge is 0.303 e. The van der Waals surface area contributed by atoms with Gasteiger partial charge in [-0.15, -0.1) is 11.8 Å². The zero-order valence-electron chi connectivity index (χ0n) is 15.8. The van der Waals surface area contributed by atoms with Gasteiger partial charge in [-0.05, 0) is 53.8 Å². The lowest BCUT2D eigenvalue weighted by Crippen LogP contribution is -2.19. The fourth-order valence-electron chi connectivity index (χ4n) is 2.89. The minimum absolute atomic E-state index is 0.100. The molecule has 0 spiro atoms. The second kappa shape index (κ2) is 10.1. The molecule has 2 N–H and O–H groups in total. The van der Waals surface area contributed by atoms with Crippen molar-refractivity contribution in [2.45, 2.75) is 38.0 Å². The van der Waals surface area contributed by atoms with Crippen LogP contribution in [0.1, 0.15) is 42.6 Å². The third kappa shape index (κ3) is 7.43. The molecule has 0 unspecified atom stereocenters. The Morgan fingerprint density at radius 2 is 2.11 bits per heavy atom. The third-order valence-electron chi connectivity index (χ3n) is 4.06. The first kappa shape index (κ1) is 21.0. The minimum atomic E-state index is -0.804. The number of rotatable bonds is 11. The van der Waals surface area contributed by atoms with Crippen LogP contribution in [0.2, 0.25) is 0 Å². The van der Waals surface area contributed by atoms with Crippen LogP contribution in [0, 0.1) is 5.41 Å². The number of carboxylic acid groups (broad SMARTS) is 1. The number of anilines is 1. The molecular weight excluding hydrogens is 360 g/mol. The first-order valence-electron chi connectivity index (χ1n) is 8.97. The van der Waals surface area contributed by atoms with Crippen LogP contribution in [0.5, 0.6) is 0 Å². The van der Waals surface area contributed by atoms with Crippen molar-refractivity contribution in [3.63, 3.8) is 0 Å². The lowest BCUT2D eigenvalue weighted by Gasteiger charge is -2.22. The highest BCUT2D eigenvalue weighted by molar-refractivity contribution is 7.99. The number of carbonyl (C=O) groups is 2. The Balaban J connectivity index is 1.86. The van der Waals surface area contributed by atoms with Crippen LogP contribution >= 0.6 is 11.8 Å². The number of benzene rings is 1. The topological polar surface area (TPSA) is 79.3 Å². The van der Waals surface area contributed by atoms with Crippen molar-refractivity contribution in [2.75, 3.05) is 17.6 Å². The lowest BCUT2D eigenvalue weighted by molar-refractivity contribution is -0.139. The first-order valence-corrected chi connectivity index (χ1v) is 9.96.